The Morgan fingerprint density at radius 1 is 1.17 bits per heavy atom. The number of aryl methyl sites for hydroxylation is 1. The Morgan fingerprint density at radius 3 is 2.71 bits per heavy atom. The minimum atomic E-state index is -0.758. The van der Waals surface area contributed by atoms with Gasteiger partial charge in [0.15, 0.2) is 11.6 Å². The zero-order valence-electron chi connectivity index (χ0n) is 18.8. The summed E-state index contributed by atoms with van der Waals surface area (Å²) in [6.07, 6.45) is 2.58. The molecule has 4 rings (SSSR count). The fourth-order valence-electron chi connectivity index (χ4n) is 3.32. The van der Waals surface area contributed by atoms with Gasteiger partial charge in [-0.1, -0.05) is 24.3 Å². The van der Waals surface area contributed by atoms with Gasteiger partial charge in [0, 0.05) is 18.0 Å². The number of rotatable bonds is 6. The van der Waals surface area contributed by atoms with Gasteiger partial charge in [0.1, 0.15) is 28.6 Å². The summed E-state index contributed by atoms with van der Waals surface area (Å²) in [6.45, 7) is 1.76. The van der Waals surface area contributed by atoms with Crippen LogP contribution in [0, 0.1) is 24.1 Å². The molecule has 0 aliphatic heterocycles. The van der Waals surface area contributed by atoms with Gasteiger partial charge < -0.3 is 14.8 Å². The second-order valence-electron chi connectivity index (χ2n) is 7.41. The third kappa shape index (κ3) is 4.86. The fraction of sp³-hybridized carbons (Fsp3) is 0.0769. The number of carbonyl (C=O) groups excluding carboxylic acids is 1. The number of para-hydroxylation sites is 1. The lowest BCUT2D eigenvalue weighted by Crippen LogP contribution is -2.21. The normalized spacial score (nSPS) is 11.1. The number of benzene rings is 2. The molecular formula is C26H19FN4O4. The highest BCUT2D eigenvalue weighted by molar-refractivity contribution is 6.09. The minimum Gasteiger partial charge on any atom is -0.497 e. The quantitative estimate of drug-likeness (QED) is 0.329. The summed E-state index contributed by atoms with van der Waals surface area (Å²) in [5.41, 5.74) is 0.204. The van der Waals surface area contributed by atoms with Gasteiger partial charge in [0.05, 0.1) is 7.11 Å². The van der Waals surface area contributed by atoms with Crippen molar-refractivity contribution in [2.24, 2.45) is 0 Å². The van der Waals surface area contributed by atoms with Crippen molar-refractivity contribution in [3.05, 3.63) is 99.7 Å². The number of carbonyl (C=O) groups is 1. The number of anilines is 1. The van der Waals surface area contributed by atoms with Crippen molar-refractivity contribution >= 4 is 23.3 Å². The van der Waals surface area contributed by atoms with Crippen molar-refractivity contribution in [3.63, 3.8) is 0 Å². The van der Waals surface area contributed by atoms with Crippen molar-refractivity contribution in [2.75, 3.05) is 12.4 Å². The van der Waals surface area contributed by atoms with Gasteiger partial charge in [-0.25, -0.2) is 4.39 Å². The first-order valence-corrected chi connectivity index (χ1v) is 10.4. The van der Waals surface area contributed by atoms with E-state index in [-0.39, 0.29) is 22.8 Å². The Bertz CT molecular complexity index is 1570. The largest absolute Gasteiger partial charge is 0.497 e. The van der Waals surface area contributed by atoms with Crippen molar-refractivity contribution < 1.29 is 18.7 Å². The highest BCUT2D eigenvalue weighted by atomic mass is 19.1. The third-order valence-electron chi connectivity index (χ3n) is 5.07. The molecule has 0 aliphatic rings. The minimum absolute atomic E-state index is 0.161. The summed E-state index contributed by atoms with van der Waals surface area (Å²) >= 11 is 0. The summed E-state index contributed by atoms with van der Waals surface area (Å²) in [5.74, 6) is -1.31. The van der Waals surface area contributed by atoms with E-state index in [1.54, 1.807) is 55.5 Å². The Kier molecular flexibility index (Phi) is 6.55. The van der Waals surface area contributed by atoms with Crippen molar-refractivity contribution in [1.29, 1.82) is 5.26 Å². The lowest BCUT2D eigenvalue weighted by Gasteiger charge is -2.12. The number of hydrogen-bond donors (Lipinski definition) is 1. The SMILES string of the molecule is COc1cccc(NC(=O)/C(C#N)=C\c2c(Oc3ccccc3F)nc3c(C)cccn3c2=O)c1. The Morgan fingerprint density at radius 2 is 1.97 bits per heavy atom. The number of hydrogen-bond acceptors (Lipinski definition) is 6. The van der Waals surface area contributed by atoms with Gasteiger partial charge >= 0.3 is 0 Å². The number of pyridine rings is 1. The fourth-order valence-corrected chi connectivity index (χ4v) is 3.32. The first-order chi connectivity index (χ1) is 16.9. The second kappa shape index (κ2) is 9.89. The molecule has 9 heteroatoms. The molecule has 0 bridgehead atoms. The predicted octanol–water partition coefficient (Wildman–Crippen LogP) is 4.49. The van der Waals surface area contributed by atoms with Crippen LogP contribution in [0.1, 0.15) is 11.1 Å². The summed E-state index contributed by atoms with van der Waals surface area (Å²) < 4.78 is 26.3. The van der Waals surface area contributed by atoms with Gasteiger partial charge in [0.25, 0.3) is 11.5 Å². The number of amides is 1. The molecule has 35 heavy (non-hydrogen) atoms. The number of nitriles is 1. The summed E-state index contributed by atoms with van der Waals surface area (Å²) in [5, 5.41) is 12.3. The maximum absolute atomic E-state index is 14.3. The number of methoxy groups -OCH3 is 1. The zero-order valence-corrected chi connectivity index (χ0v) is 18.8. The summed E-state index contributed by atoms with van der Waals surface area (Å²) in [7, 11) is 1.49. The molecule has 0 radical (unpaired) electrons. The Labute approximate surface area is 199 Å². The highest BCUT2D eigenvalue weighted by Crippen LogP contribution is 2.27. The standard InChI is InChI=1S/C26H19FN4O4/c1-16-7-6-12-31-23(16)30-25(35-22-11-4-3-10-21(22)27)20(26(31)33)13-17(15-28)24(32)29-18-8-5-9-19(14-18)34-2/h3-14H,1-2H3,(H,29,32)/b17-13-. The Balaban J connectivity index is 1.83. The first-order valence-electron chi connectivity index (χ1n) is 10.4. The van der Waals surface area contributed by atoms with Crippen LogP contribution in [0.3, 0.4) is 0 Å². The average molecular weight is 470 g/mol. The number of fused-ring (bicyclic) bond motifs is 1. The molecule has 0 unspecified atom stereocenters. The van der Waals surface area contributed by atoms with E-state index in [0.717, 1.165) is 6.08 Å². The van der Waals surface area contributed by atoms with Crippen LogP contribution in [0.25, 0.3) is 11.7 Å². The molecule has 8 nitrogen and oxygen atoms in total. The lowest BCUT2D eigenvalue weighted by molar-refractivity contribution is -0.112. The average Bonchev–Trinajstić information content (AvgIpc) is 2.86. The van der Waals surface area contributed by atoms with Gasteiger partial charge in [-0.3, -0.25) is 14.0 Å². The smallest absolute Gasteiger partial charge is 0.269 e. The van der Waals surface area contributed by atoms with Crippen LogP contribution in [-0.4, -0.2) is 22.4 Å². The highest BCUT2D eigenvalue weighted by Gasteiger charge is 2.19. The molecule has 0 fully saturated rings. The van der Waals surface area contributed by atoms with Crippen molar-refractivity contribution in [1.82, 2.24) is 9.38 Å². The molecule has 0 atom stereocenters. The molecule has 0 saturated carbocycles. The van der Waals surface area contributed by atoms with Crippen LogP contribution < -0.4 is 20.3 Å². The first kappa shape index (κ1) is 23.2. The molecule has 0 spiro atoms. The zero-order chi connectivity index (χ0) is 24.9. The predicted molar refractivity (Wildman–Crippen MR) is 128 cm³/mol. The maximum Gasteiger partial charge on any atom is 0.269 e. The maximum atomic E-state index is 14.3. The molecule has 0 aliphatic carbocycles. The van der Waals surface area contributed by atoms with Crippen LogP contribution in [-0.2, 0) is 4.79 Å². The third-order valence-corrected chi connectivity index (χ3v) is 5.07. The van der Waals surface area contributed by atoms with E-state index in [1.165, 1.54) is 35.9 Å². The molecule has 174 valence electrons. The second-order valence-corrected chi connectivity index (χ2v) is 7.41. The van der Waals surface area contributed by atoms with E-state index in [0.29, 0.717) is 22.6 Å². The number of ether oxygens (including phenoxy) is 2. The van der Waals surface area contributed by atoms with Crippen LogP contribution in [0.2, 0.25) is 0 Å². The number of nitrogens with one attached hydrogen (secondary N) is 1. The topological polar surface area (TPSA) is 106 Å². The van der Waals surface area contributed by atoms with E-state index in [1.807, 2.05) is 0 Å². The molecule has 2 aromatic heterocycles. The van der Waals surface area contributed by atoms with Crippen molar-refractivity contribution in [2.45, 2.75) is 6.92 Å². The van der Waals surface area contributed by atoms with Crippen LogP contribution >= 0.6 is 0 Å². The van der Waals surface area contributed by atoms with E-state index >= 15 is 0 Å². The summed E-state index contributed by atoms with van der Waals surface area (Å²) in [4.78, 5) is 30.6. The van der Waals surface area contributed by atoms with Gasteiger partial charge in [-0.05, 0) is 48.9 Å². The van der Waals surface area contributed by atoms with Gasteiger partial charge in [-0.2, -0.15) is 10.2 Å². The molecule has 0 saturated heterocycles. The molecular weight excluding hydrogens is 451 g/mol. The molecule has 4 aromatic rings. The molecule has 1 amide bonds. The molecule has 1 N–H and O–H groups in total. The number of halogens is 1. The van der Waals surface area contributed by atoms with Gasteiger partial charge in [-0.15, -0.1) is 0 Å². The number of aromatic nitrogens is 2. The van der Waals surface area contributed by atoms with E-state index in [9.17, 15) is 19.2 Å². The van der Waals surface area contributed by atoms with Crippen LogP contribution in [0.4, 0.5) is 10.1 Å². The van der Waals surface area contributed by atoms with Crippen LogP contribution in [0.15, 0.2) is 77.2 Å². The van der Waals surface area contributed by atoms with Crippen LogP contribution in [0.5, 0.6) is 17.4 Å². The van der Waals surface area contributed by atoms with E-state index < -0.39 is 17.3 Å². The monoisotopic (exact) mass is 470 g/mol. The van der Waals surface area contributed by atoms with Crippen molar-refractivity contribution in [3.8, 4) is 23.4 Å². The van der Waals surface area contributed by atoms with Gasteiger partial charge in [0.2, 0.25) is 5.88 Å². The number of nitrogens with zero attached hydrogens (tertiary/aromatic N) is 3. The molecule has 2 heterocycles. The summed E-state index contributed by atoms with van der Waals surface area (Å²) in [6, 6.07) is 17.4. The van der Waals surface area contributed by atoms with E-state index in [4.69, 9.17) is 9.47 Å². The van der Waals surface area contributed by atoms with E-state index in [2.05, 4.69) is 10.3 Å². The molecule has 2 aromatic carbocycles. The lowest BCUT2D eigenvalue weighted by atomic mass is 10.1. The Hall–Kier alpha value is -4.97.